The van der Waals surface area contributed by atoms with Crippen molar-refractivity contribution in [2.45, 2.75) is 31.9 Å². The van der Waals surface area contributed by atoms with E-state index in [4.69, 9.17) is 9.72 Å². The van der Waals surface area contributed by atoms with E-state index in [1.807, 2.05) is 53.4 Å². The molecule has 2 aromatic carbocycles. The highest BCUT2D eigenvalue weighted by molar-refractivity contribution is 5.83. The summed E-state index contributed by atoms with van der Waals surface area (Å²) in [5.41, 5.74) is 2.99. The van der Waals surface area contributed by atoms with Crippen molar-refractivity contribution in [3.63, 3.8) is 0 Å². The number of nitrogens with zero attached hydrogens (tertiary/aromatic N) is 3. The predicted molar refractivity (Wildman–Crippen MR) is 108 cm³/mol. The van der Waals surface area contributed by atoms with Crippen molar-refractivity contribution >= 4 is 22.6 Å². The molecule has 0 unspecified atom stereocenters. The van der Waals surface area contributed by atoms with Crippen molar-refractivity contribution < 1.29 is 9.53 Å². The number of anilines is 1. The van der Waals surface area contributed by atoms with Crippen molar-refractivity contribution in [3.8, 4) is 5.75 Å². The molecule has 0 radical (unpaired) electrons. The molecule has 1 aromatic heterocycles. The maximum Gasteiger partial charge on any atom is 0.265 e. The summed E-state index contributed by atoms with van der Waals surface area (Å²) >= 11 is 0. The quantitative estimate of drug-likeness (QED) is 0.762. The monoisotopic (exact) mass is 376 g/mol. The van der Waals surface area contributed by atoms with Crippen molar-refractivity contribution in [1.82, 2.24) is 14.9 Å². The van der Waals surface area contributed by atoms with Crippen LogP contribution in [0.1, 0.15) is 25.1 Å². The third-order valence-corrected chi connectivity index (χ3v) is 5.58. The Hall–Kier alpha value is -3.02. The second kappa shape index (κ2) is 7.19. The van der Waals surface area contributed by atoms with Crippen LogP contribution in [0.4, 0.5) is 5.69 Å². The number of fused-ring (bicyclic) bond motifs is 2. The molecule has 3 heterocycles. The highest BCUT2D eigenvalue weighted by atomic mass is 16.5. The lowest BCUT2D eigenvalue weighted by molar-refractivity contribution is -0.139. The van der Waals surface area contributed by atoms with Gasteiger partial charge in [-0.3, -0.25) is 4.79 Å². The van der Waals surface area contributed by atoms with Gasteiger partial charge in [0.15, 0.2) is 6.10 Å². The Morgan fingerprint density at radius 3 is 2.71 bits per heavy atom. The average molecular weight is 376 g/mol. The summed E-state index contributed by atoms with van der Waals surface area (Å²) < 4.78 is 6.11. The number of piperidine rings is 1. The maximum absolute atomic E-state index is 13.1. The highest BCUT2D eigenvalue weighted by Gasteiger charge is 2.34. The third kappa shape index (κ3) is 3.19. The van der Waals surface area contributed by atoms with Crippen LogP contribution in [0, 0.1) is 0 Å². The van der Waals surface area contributed by atoms with Crippen molar-refractivity contribution in [2.24, 2.45) is 0 Å². The molecule has 1 N–H and O–H groups in total. The molecular weight excluding hydrogens is 352 g/mol. The summed E-state index contributed by atoms with van der Waals surface area (Å²) in [5, 5.41) is 0. The van der Waals surface area contributed by atoms with Crippen molar-refractivity contribution in [2.75, 3.05) is 24.5 Å². The number of para-hydroxylation sites is 4. The van der Waals surface area contributed by atoms with Gasteiger partial charge in [0.1, 0.15) is 11.6 Å². The van der Waals surface area contributed by atoms with Crippen molar-refractivity contribution in [1.29, 1.82) is 0 Å². The van der Waals surface area contributed by atoms with Gasteiger partial charge in [0.2, 0.25) is 0 Å². The molecule has 5 rings (SSSR count). The second-order valence-electron chi connectivity index (χ2n) is 7.54. The fourth-order valence-corrected chi connectivity index (χ4v) is 4.16. The van der Waals surface area contributed by atoms with Crippen LogP contribution >= 0.6 is 0 Å². The standard InChI is InChI=1S/C22H24N4O2/c27-22(25-12-6-1-7-13-25)20-14-26(18-10-4-5-11-19(18)28-20)15-21-23-16-8-2-3-9-17(16)24-21/h2-5,8-11,20H,1,6-7,12-15H2,(H,23,24)/t20-/m1/s1. The summed E-state index contributed by atoms with van der Waals surface area (Å²) in [5.74, 6) is 1.76. The van der Waals surface area contributed by atoms with Crippen LogP contribution in [0.3, 0.4) is 0 Å². The molecule has 1 atom stereocenters. The van der Waals surface area contributed by atoms with Gasteiger partial charge in [-0.1, -0.05) is 24.3 Å². The SMILES string of the molecule is O=C([C@H]1CN(Cc2nc3ccccc3[nH]2)c2ccccc2O1)N1CCCCC1. The lowest BCUT2D eigenvalue weighted by Gasteiger charge is -2.38. The zero-order chi connectivity index (χ0) is 18.9. The number of aromatic amines is 1. The first-order valence-corrected chi connectivity index (χ1v) is 10.0. The van der Waals surface area contributed by atoms with Crippen LogP contribution in [-0.4, -0.2) is 46.5 Å². The molecule has 28 heavy (non-hydrogen) atoms. The molecule has 0 spiro atoms. The largest absolute Gasteiger partial charge is 0.477 e. The van der Waals surface area contributed by atoms with Crippen molar-refractivity contribution in [3.05, 3.63) is 54.4 Å². The van der Waals surface area contributed by atoms with Crippen LogP contribution in [0.5, 0.6) is 5.75 Å². The minimum absolute atomic E-state index is 0.101. The molecule has 1 amide bonds. The predicted octanol–water partition coefficient (Wildman–Crippen LogP) is 3.34. The highest BCUT2D eigenvalue weighted by Crippen LogP contribution is 2.34. The molecule has 0 aliphatic carbocycles. The summed E-state index contributed by atoms with van der Waals surface area (Å²) in [6.45, 7) is 2.82. The number of rotatable bonds is 3. The summed E-state index contributed by atoms with van der Waals surface area (Å²) in [4.78, 5) is 25.3. The Morgan fingerprint density at radius 2 is 1.86 bits per heavy atom. The Balaban J connectivity index is 1.41. The number of hydrogen-bond acceptors (Lipinski definition) is 4. The van der Waals surface area contributed by atoms with E-state index < -0.39 is 6.10 Å². The zero-order valence-corrected chi connectivity index (χ0v) is 15.8. The zero-order valence-electron chi connectivity index (χ0n) is 15.8. The van der Waals surface area contributed by atoms with Gasteiger partial charge in [0.05, 0.1) is 29.8 Å². The maximum atomic E-state index is 13.1. The molecule has 0 saturated carbocycles. The molecule has 6 nitrogen and oxygen atoms in total. The molecular formula is C22H24N4O2. The van der Waals surface area contributed by atoms with Gasteiger partial charge in [-0.2, -0.15) is 0 Å². The minimum Gasteiger partial charge on any atom is -0.477 e. The van der Waals surface area contributed by atoms with Gasteiger partial charge < -0.3 is 19.5 Å². The minimum atomic E-state index is -0.475. The molecule has 0 bridgehead atoms. The van der Waals surface area contributed by atoms with E-state index >= 15 is 0 Å². The number of nitrogens with one attached hydrogen (secondary N) is 1. The Bertz CT molecular complexity index is 960. The van der Waals surface area contributed by atoms with Gasteiger partial charge in [-0.15, -0.1) is 0 Å². The van der Waals surface area contributed by atoms with E-state index in [0.29, 0.717) is 13.1 Å². The summed E-state index contributed by atoms with van der Waals surface area (Å²) in [6, 6.07) is 16.0. The Kier molecular flexibility index (Phi) is 4.39. The molecule has 6 heteroatoms. The number of carbonyl (C=O) groups is 1. The van der Waals surface area contributed by atoms with E-state index in [2.05, 4.69) is 9.88 Å². The van der Waals surface area contributed by atoms with Gasteiger partial charge in [0, 0.05) is 13.1 Å². The Labute approximate surface area is 164 Å². The fourth-order valence-electron chi connectivity index (χ4n) is 4.16. The van der Waals surface area contributed by atoms with Crippen LogP contribution in [0.15, 0.2) is 48.5 Å². The van der Waals surface area contributed by atoms with E-state index in [1.54, 1.807) is 0 Å². The Morgan fingerprint density at radius 1 is 1.07 bits per heavy atom. The van der Waals surface area contributed by atoms with Gasteiger partial charge in [-0.05, 0) is 43.5 Å². The average Bonchev–Trinajstić information content (AvgIpc) is 3.16. The third-order valence-electron chi connectivity index (χ3n) is 5.58. The van der Waals surface area contributed by atoms with Crippen LogP contribution in [0.2, 0.25) is 0 Å². The first kappa shape index (κ1) is 17.1. The van der Waals surface area contributed by atoms with Crippen LogP contribution < -0.4 is 9.64 Å². The van der Waals surface area contributed by atoms with Crippen LogP contribution in [0.25, 0.3) is 11.0 Å². The molecule has 3 aromatic rings. The molecule has 1 fully saturated rings. The smallest absolute Gasteiger partial charge is 0.265 e. The summed E-state index contributed by atoms with van der Waals surface area (Å²) in [7, 11) is 0. The number of ether oxygens (including phenoxy) is 1. The topological polar surface area (TPSA) is 61.5 Å². The van der Waals surface area contributed by atoms with Gasteiger partial charge in [-0.25, -0.2) is 4.98 Å². The molecule has 2 aliphatic heterocycles. The number of H-pyrrole nitrogens is 1. The normalized spacial score (nSPS) is 19.4. The first-order valence-electron chi connectivity index (χ1n) is 10.0. The van der Waals surface area contributed by atoms with Gasteiger partial charge in [0.25, 0.3) is 5.91 Å². The van der Waals surface area contributed by atoms with E-state index in [-0.39, 0.29) is 5.91 Å². The molecule has 1 saturated heterocycles. The second-order valence-corrected chi connectivity index (χ2v) is 7.54. The number of amides is 1. The van der Waals surface area contributed by atoms with E-state index in [0.717, 1.165) is 54.2 Å². The first-order chi connectivity index (χ1) is 13.8. The van der Waals surface area contributed by atoms with Crippen LogP contribution in [-0.2, 0) is 11.3 Å². The number of imidazole rings is 1. The lowest BCUT2D eigenvalue weighted by atomic mass is 10.1. The number of benzene rings is 2. The number of likely N-dealkylation sites (tertiary alicyclic amines) is 1. The number of carbonyl (C=O) groups excluding carboxylic acids is 1. The lowest BCUT2D eigenvalue weighted by Crippen LogP contribution is -2.51. The molecule has 144 valence electrons. The fraction of sp³-hybridized carbons (Fsp3) is 0.364. The van der Waals surface area contributed by atoms with E-state index in [9.17, 15) is 4.79 Å². The van der Waals surface area contributed by atoms with Gasteiger partial charge >= 0.3 is 0 Å². The van der Waals surface area contributed by atoms with E-state index in [1.165, 1.54) is 6.42 Å². The number of hydrogen-bond donors (Lipinski definition) is 1. The molecule has 2 aliphatic rings. The number of aromatic nitrogens is 2. The summed E-state index contributed by atoms with van der Waals surface area (Å²) in [6.07, 6.45) is 2.89.